The maximum atomic E-state index is 5.67. The van der Waals surface area contributed by atoms with Crippen molar-refractivity contribution in [1.82, 2.24) is 5.32 Å². The molecule has 0 spiro atoms. The van der Waals surface area contributed by atoms with E-state index in [2.05, 4.69) is 5.32 Å². The molecule has 90 valence electrons. The van der Waals surface area contributed by atoms with E-state index in [0.717, 1.165) is 11.5 Å². The summed E-state index contributed by atoms with van der Waals surface area (Å²) in [5.74, 6) is 1.50. The maximum Gasteiger partial charge on any atom is 0.161 e. The molecule has 0 heterocycles. The predicted molar refractivity (Wildman–Crippen MR) is 63.2 cm³/mol. The number of hydrogen-bond donors (Lipinski definition) is 1. The molecular formula is C12H19NO3. The molecule has 0 fully saturated rings. The highest BCUT2D eigenvalue weighted by molar-refractivity contribution is 5.39. The third-order valence-electron chi connectivity index (χ3n) is 2.29. The van der Waals surface area contributed by atoms with Gasteiger partial charge in [-0.25, -0.2) is 0 Å². The number of methoxy groups -OCH3 is 2. The summed E-state index contributed by atoms with van der Waals surface area (Å²) in [6, 6.07) is 7.77. The second kappa shape index (κ2) is 7.09. The Morgan fingerprint density at radius 3 is 2.38 bits per heavy atom. The van der Waals surface area contributed by atoms with Gasteiger partial charge in [-0.1, -0.05) is 12.1 Å². The minimum atomic E-state index is 0.176. The molecule has 1 unspecified atom stereocenters. The van der Waals surface area contributed by atoms with Crippen LogP contribution in [-0.2, 0) is 4.74 Å². The van der Waals surface area contributed by atoms with Gasteiger partial charge in [0.1, 0.15) is 6.61 Å². The fourth-order valence-corrected chi connectivity index (χ4v) is 1.34. The molecule has 0 aromatic heterocycles. The number of likely N-dealkylation sites (N-methyl/N-ethyl adjacent to an activating group) is 1. The molecule has 0 bridgehead atoms. The first-order valence-corrected chi connectivity index (χ1v) is 5.23. The van der Waals surface area contributed by atoms with Crippen molar-refractivity contribution in [2.75, 3.05) is 34.5 Å². The molecule has 1 atom stereocenters. The number of nitrogens with one attached hydrogen (secondary N) is 1. The van der Waals surface area contributed by atoms with Gasteiger partial charge in [-0.2, -0.15) is 0 Å². The third kappa shape index (κ3) is 3.72. The van der Waals surface area contributed by atoms with Crippen LogP contribution in [0.15, 0.2) is 24.3 Å². The van der Waals surface area contributed by atoms with Crippen LogP contribution >= 0.6 is 0 Å². The third-order valence-corrected chi connectivity index (χ3v) is 2.29. The summed E-state index contributed by atoms with van der Waals surface area (Å²) < 4.78 is 15.9. The van der Waals surface area contributed by atoms with Crippen molar-refractivity contribution >= 4 is 0 Å². The van der Waals surface area contributed by atoms with Crippen LogP contribution < -0.4 is 14.8 Å². The Balaban J connectivity index is 2.52. The predicted octanol–water partition coefficient (Wildman–Crippen LogP) is 1.31. The molecule has 0 saturated heterocycles. The van der Waals surface area contributed by atoms with Crippen LogP contribution in [0.25, 0.3) is 0 Å². The van der Waals surface area contributed by atoms with E-state index in [1.807, 2.05) is 31.3 Å². The Kier molecular flexibility index (Phi) is 5.67. The zero-order valence-corrected chi connectivity index (χ0v) is 10.0. The van der Waals surface area contributed by atoms with E-state index in [9.17, 15) is 0 Å². The zero-order valence-electron chi connectivity index (χ0n) is 10.0. The van der Waals surface area contributed by atoms with Gasteiger partial charge in [-0.3, -0.25) is 0 Å². The van der Waals surface area contributed by atoms with E-state index in [1.54, 1.807) is 14.2 Å². The first-order valence-electron chi connectivity index (χ1n) is 5.23. The Morgan fingerprint density at radius 1 is 1.12 bits per heavy atom. The molecule has 0 radical (unpaired) electrons. The Morgan fingerprint density at radius 2 is 1.81 bits per heavy atom. The summed E-state index contributed by atoms with van der Waals surface area (Å²) >= 11 is 0. The van der Waals surface area contributed by atoms with Crippen LogP contribution in [0.2, 0.25) is 0 Å². The molecule has 1 rings (SSSR count). The molecule has 0 aliphatic carbocycles. The molecule has 4 heteroatoms. The van der Waals surface area contributed by atoms with E-state index in [-0.39, 0.29) is 6.04 Å². The van der Waals surface area contributed by atoms with E-state index >= 15 is 0 Å². The van der Waals surface area contributed by atoms with E-state index in [4.69, 9.17) is 14.2 Å². The van der Waals surface area contributed by atoms with Crippen molar-refractivity contribution in [2.24, 2.45) is 0 Å². The lowest BCUT2D eigenvalue weighted by Gasteiger charge is -2.17. The second-order valence-corrected chi connectivity index (χ2v) is 3.40. The topological polar surface area (TPSA) is 39.7 Å². The second-order valence-electron chi connectivity index (χ2n) is 3.40. The average molecular weight is 225 g/mol. The normalized spacial score (nSPS) is 12.2. The van der Waals surface area contributed by atoms with Gasteiger partial charge < -0.3 is 19.5 Å². The van der Waals surface area contributed by atoms with Gasteiger partial charge in [0.15, 0.2) is 11.5 Å². The lowest BCUT2D eigenvalue weighted by atomic mass is 10.3. The van der Waals surface area contributed by atoms with Crippen molar-refractivity contribution in [3.63, 3.8) is 0 Å². The molecule has 0 aliphatic rings. The molecule has 16 heavy (non-hydrogen) atoms. The van der Waals surface area contributed by atoms with Crippen LogP contribution in [0, 0.1) is 0 Å². The average Bonchev–Trinajstić information content (AvgIpc) is 2.34. The van der Waals surface area contributed by atoms with Gasteiger partial charge in [-0.05, 0) is 19.2 Å². The molecule has 0 saturated carbocycles. The van der Waals surface area contributed by atoms with Gasteiger partial charge in [0, 0.05) is 7.11 Å². The van der Waals surface area contributed by atoms with Crippen molar-refractivity contribution in [3.8, 4) is 11.5 Å². The highest BCUT2D eigenvalue weighted by atomic mass is 16.5. The summed E-state index contributed by atoms with van der Waals surface area (Å²) in [7, 11) is 5.19. The number of para-hydroxylation sites is 2. The zero-order chi connectivity index (χ0) is 11.8. The standard InChI is InChI=1S/C12H19NO3/c1-13-10(8-14-2)9-16-12-7-5-4-6-11(12)15-3/h4-7,10,13H,8-9H2,1-3H3. The van der Waals surface area contributed by atoms with Crippen LogP contribution in [0.4, 0.5) is 0 Å². The van der Waals surface area contributed by atoms with Crippen LogP contribution in [0.1, 0.15) is 0 Å². The summed E-state index contributed by atoms with van der Waals surface area (Å²) in [4.78, 5) is 0. The fourth-order valence-electron chi connectivity index (χ4n) is 1.34. The smallest absolute Gasteiger partial charge is 0.161 e. The number of hydrogen-bond acceptors (Lipinski definition) is 4. The molecule has 1 aromatic rings. The summed E-state index contributed by atoms with van der Waals surface area (Å²) in [6.45, 7) is 1.16. The fraction of sp³-hybridized carbons (Fsp3) is 0.500. The summed E-state index contributed by atoms with van der Waals surface area (Å²) in [5, 5.41) is 3.12. The van der Waals surface area contributed by atoms with Gasteiger partial charge in [0.2, 0.25) is 0 Å². The number of rotatable bonds is 7. The lowest BCUT2D eigenvalue weighted by molar-refractivity contribution is 0.138. The monoisotopic (exact) mass is 225 g/mol. The summed E-state index contributed by atoms with van der Waals surface area (Å²) in [6.07, 6.45) is 0. The van der Waals surface area contributed by atoms with E-state index in [1.165, 1.54) is 0 Å². The first-order chi connectivity index (χ1) is 7.81. The number of benzene rings is 1. The molecule has 1 aromatic carbocycles. The largest absolute Gasteiger partial charge is 0.493 e. The highest BCUT2D eigenvalue weighted by Gasteiger charge is 2.08. The molecular weight excluding hydrogens is 206 g/mol. The molecule has 1 N–H and O–H groups in total. The van der Waals surface area contributed by atoms with Crippen molar-refractivity contribution in [3.05, 3.63) is 24.3 Å². The Bertz CT molecular complexity index is 304. The van der Waals surface area contributed by atoms with Crippen molar-refractivity contribution in [1.29, 1.82) is 0 Å². The van der Waals surface area contributed by atoms with Crippen LogP contribution in [-0.4, -0.2) is 40.5 Å². The SMILES string of the molecule is CNC(COC)COc1ccccc1OC. The lowest BCUT2D eigenvalue weighted by Crippen LogP contribution is -2.35. The van der Waals surface area contributed by atoms with E-state index in [0.29, 0.717) is 13.2 Å². The Labute approximate surface area is 96.5 Å². The van der Waals surface area contributed by atoms with Crippen molar-refractivity contribution in [2.45, 2.75) is 6.04 Å². The maximum absolute atomic E-state index is 5.67. The molecule has 4 nitrogen and oxygen atoms in total. The first kappa shape index (κ1) is 12.8. The molecule has 0 aliphatic heterocycles. The van der Waals surface area contributed by atoms with Gasteiger partial charge in [0.05, 0.1) is 19.8 Å². The van der Waals surface area contributed by atoms with Gasteiger partial charge in [0.25, 0.3) is 0 Å². The molecule has 0 amide bonds. The number of ether oxygens (including phenoxy) is 3. The Hall–Kier alpha value is -1.26. The van der Waals surface area contributed by atoms with Crippen LogP contribution in [0.3, 0.4) is 0 Å². The van der Waals surface area contributed by atoms with Gasteiger partial charge in [-0.15, -0.1) is 0 Å². The minimum Gasteiger partial charge on any atom is -0.493 e. The quantitative estimate of drug-likeness (QED) is 0.759. The summed E-state index contributed by atoms with van der Waals surface area (Å²) in [5.41, 5.74) is 0. The van der Waals surface area contributed by atoms with Crippen LogP contribution in [0.5, 0.6) is 11.5 Å². The van der Waals surface area contributed by atoms with Crippen molar-refractivity contribution < 1.29 is 14.2 Å². The highest BCUT2D eigenvalue weighted by Crippen LogP contribution is 2.25. The van der Waals surface area contributed by atoms with Gasteiger partial charge >= 0.3 is 0 Å². The van der Waals surface area contributed by atoms with E-state index < -0.39 is 0 Å². The minimum absolute atomic E-state index is 0.176.